The number of fused-ring (bicyclic) bond motifs is 1. The van der Waals surface area contributed by atoms with Crippen LogP contribution in [0.5, 0.6) is 0 Å². The Morgan fingerprint density at radius 1 is 1.38 bits per heavy atom. The highest BCUT2D eigenvalue weighted by Crippen LogP contribution is 2.25. The summed E-state index contributed by atoms with van der Waals surface area (Å²) >= 11 is 0. The number of benzene rings is 1. The fourth-order valence-electron chi connectivity index (χ4n) is 2.03. The summed E-state index contributed by atoms with van der Waals surface area (Å²) in [7, 11) is 0. The Morgan fingerprint density at radius 2 is 2.23 bits per heavy atom. The Bertz CT molecular complexity index is 328. The molecule has 1 aromatic carbocycles. The SMILES string of the molecule is CC1CCc2cc(C=O)ccc2C1. The van der Waals surface area contributed by atoms with Crippen molar-refractivity contribution in [1.29, 1.82) is 0 Å². The minimum absolute atomic E-state index is 0.801. The summed E-state index contributed by atoms with van der Waals surface area (Å²) < 4.78 is 0. The summed E-state index contributed by atoms with van der Waals surface area (Å²) in [6.45, 7) is 2.29. The van der Waals surface area contributed by atoms with Gasteiger partial charge in [-0.25, -0.2) is 0 Å². The number of carbonyl (C=O) groups is 1. The highest BCUT2D eigenvalue weighted by atomic mass is 16.1. The Balaban J connectivity index is 2.36. The largest absolute Gasteiger partial charge is 0.298 e. The summed E-state index contributed by atoms with van der Waals surface area (Å²) in [5, 5.41) is 0. The monoisotopic (exact) mass is 174 g/mol. The van der Waals surface area contributed by atoms with Crippen LogP contribution in [0.1, 0.15) is 34.8 Å². The van der Waals surface area contributed by atoms with E-state index in [0.29, 0.717) is 0 Å². The van der Waals surface area contributed by atoms with Crippen LogP contribution in [0.3, 0.4) is 0 Å². The van der Waals surface area contributed by atoms with Gasteiger partial charge in [0.2, 0.25) is 0 Å². The highest BCUT2D eigenvalue weighted by molar-refractivity contribution is 5.75. The average Bonchev–Trinajstić information content (AvgIpc) is 2.17. The first kappa shape index (κ1) is 8.49. The van der Waals surface area contributed by atoms with Crippen LogP contribution in [0.15, 0.2) is 18.2 Å². The van der Waals surface area contributed by atoms with E-state index in [1.807, 2.05) is 12.1 Å². The van der Waals surface area contributed by atoms with Gasteiger partial charge in [-0.3, -0.25) is 4.79 Å². The van der Waals surface area contributed by atoms with Crippen molar-refractivity contribution in [2.75, 3.05) is 0 Å². The molecule has 68 valence electrons. The van der Waals surface area contributed by atoms with E-state index < -0.39 is 0 Å². The third-order valence-corrected chi connectivity index (χ3v) is 2.84. The Hall–Kier alpha value is -1.11. The lowest BCUT2D eigenvalue weighted by molar-refractivity contribution is 0.112. The van der Waals surface area contributed by atoms with Crippen molar-refractivity contribution >= 4 is 6.29 Å². The molecule has 1 unspecified atom stereocenters. The molecule has 0 fully saturated rings. The molecule has 1 aliphatic carbocycles. The molecule has 0 saturated carbocycles. The van der Waals surface area contributed by atoms with Crippen LogP contribution in [0.4, 0.5) is 0 Å². The number of carbonyl (C=O) groups excluding carboxylic acids is 1. The predicted octanol–water partition coefficient (Wildman–Crippen LogP) is 2.62. The average molecular weight is 174 g/mol. The highest BCUT2D eigenvalue weighted by Gasteiger charge is 2.14. The fraction of sp³-hybridized carbons (Fsp3) is 0.417. The molecule has 1 nitrogen and oxygen atoms in total. The topological polar surface area (TPSA) is 17.1 Å². The minimum Gasteiger partial charge on any atom is -0.298 e. The van der Waals surface area contributed by atoms with Gasteiger partial charge in [-0.1, -0.05) is 19.1 Å². The van der Waals surface area contributed by atoms with Gasteiger partial charge in [0, 0.05) is 5.56 Å². The van der Waals surface area contributed by atoms with E-state index in [1.165, 1.54) is 24.0 Å². The van der Waals surface area contributed by atoms with Gasteiger partial charge >= 0.3 is 0 Å². The molecule has 13 heavy (non-hydrogen) atoms. The van der Waals surface area contributed by atoms with Crippen LogP contribution >= 0.6 is 0 Å². The maximum atomic E-state index is 10.6. The van der Waals surface area contributed by atoms with Gasteiger partial charge < -0.3 is 0 Å². The first-order valence-electron chi connectivity index (χ1n) is 4.86. The van der Waals surface area contributed by atoms with E-state index in [0.717, 1.165) is 24.2 Å². The van der Waals surface area contributed by atoms with E-state index in [-0.39, 0.29) is 0 Å². The zero-order valence-corrected chi connectivity index (χ0v) is 7.92. The molecule has 0 radical (unpaired) electrons. The summed E-state index contributed by atoms with van der Waals surface area (Å²) in [6.07, 6.45) is 4.50. The summed E-state index contributed by atoms with van der Waals surface area (Å²) in [5.41, 5.74) is 3.63. The molecular formula is C12H14O. The fourth-order valence-corrected chi connectivity index (χ4v) is 2.03. The second-order valence-electron chi connectivity index (χ2n) is 3.99. The number of hydrogen-bond donors (Lipinski definition) is 0. The summed E-state index contributed by atoms with van der Waals surface area (Å²) in [4.78, 5) is 10.6. The smallest absolute Gasteiger partial charge is 0.150 e. The standard InChI is InChI=1S/C12H14O/c1-9-2-4-12-7-10(8-13)3-5-11(12)6-9/h3,5,7-9H,2,4,6H2,1H3. The molecule has 0 aromatic heterocycles. The van der Waals surface area contributed by atoms with E-state index in [9.17, 15) is 4.79 Å². The number of aryl methyl sites for hydroxylation is 1. The van der Waals surface area contributed by atoms with E-state index in [1.54, 1.807) is 0 Å². The molecule has 0 N–H and O–H groups in total. The van der Waals surface area contributed by atoms with Crippen LogP contribution in [0, 0.1) is 5.92 Å². The van der Waals surface area contributed by atoms with E-state index in [4.69, 9.17) is 0 Å². The lowest BCUT2D eigenvalue weighted by atomic mass is 9.84. The number of hydrogen-bond acceptors (Lipinski definition) is 1. The first-order chi connectivity index (χ1) is 6.29. The Labute approximate surface area is 78.8 Å². The quantitative estimate of drug-likeness (QED) is 0.598. The van der Waals surface area contributed by atoms with Gasteiger partial charge in [0.1, 0.15) is 6.29 Å². The summed E-state index contributed by atoms with van der Waals surface area (Å²) in [5.74, 6) is 0.801. The Kier molecular flexibility index (Phi) is 2.17. The third-order valence-electron chi connectivity index (χ3n) is 2.84. The molecule has 0 aliphatic heterocycles. The van der Waals surface area contributed by atoms with Crippen LogP contribution in [-0.4, -0.2) is 6.29 Å². The number of aldehydes is 1. The van der Waals surface area contributed by atoms with E-state index in [2.05, 4.69) is 13.0 Å². The molecule has 1 atom stereocenters. The van der Waals surface area contributed by atoms with Crippen molar-refractivity contribution in [3.8, 4) is 0 Å². The zero-order valence-electron chi connectivity index (χ0n) is 7.92. The molecule has 1 aromatic rings. The van der Waals surface area contributed by atoms with Gasteiger partial charge in [-0.15, -0.1) is 0 Å². The van der Waals surface area contributed by atoms with Gasteiger partial charge in [0.05, 0.1) is 0 Å². The lowest BCUT2D eigenvalue weighted by Crippen LogP contribution is -2.11. The molecule has 1 aliphatic rings. The van der Waals surface area contributed by atoms with Crippen molar-refractivity contribution in [1.82, 2.24) is 0 Å². The van der Waals surface area contributed by atoms with Crippen molar-refractivity contribution in [3.05, 3.63) is 34.9 Å². The Morgan fingerprint density at radius 3 is 3.00 bits per heavy atom. The zero-order chi connectivity index (χ0) is 9.26. The third kappa shape index (κ3) is 1.64. The summed E-state index contributed by atoms with van der Waals surface area (Å²) in [6, 6.07) is 6.06. The van der Waals surface area contributed by atoms with Crippen molar-refractivity contribution in [3.63, 3.8) is 0 Å². The molecule has 0 amide bonds. The van der Waals surface area contributed by atoms with Gasteiger partial charge in [-0.05, 0) is 42.4 Å². The van der Waals surface area contributed by atoms with Crippen LogP contribution in [0.2, 0.25) is 0 Å². The second-order valence-corrected chi connectivity index (χ2v) is 3.99. The molecular weight excluding hydrogens is 160 g/mol. The molecule has 0 bridgehead atoms. The van der Waals surface area contributed by atoms with Gasteiger partial charge in [0.25, 0.3) is 0 Å². The van der Waals surface area contributed by atoms with Gasteiger partial charge in [-0.2, -0.15) is 0 Å². The van der Waals surface area contributed by atoms with Crippen LogP contribution < -0.4 is 0 Å². The predicted molar refractivity (Wildman–Crippen MR) is 53.0 cm³/mol. The second kappa shape index (κ2) is 3.33. The lowest BCUT2D eigenvalue weighted by Gasteiger charge is -2.21. The molecule has 2 rings (SSSR count). The van der Waals surface area contributed by atoms with E-state index >= 15 is 0 Å². The molecule has 1 heteroatoms. The van der Waals surface area contributed by atoms with Crippen molar-refractivity contribution in [2.24, 2.45) is 5.92 Å². The molecule has 0 saturated heterocycles. The van der Waals surface area contributed by atoms with Gasteiger partial charge in [0.15, 0.2) is 0 Å². The minimum atomic E-state index is 0.801. The number of rotatable bonds is 1. The maximum absolute atomic E-state index is 10.6. The van der Waals surface area contributed by atoms with Crippen molar-refractivity contribution in [2.45, 2.75) is 26.2 Å². The first-order valence-corrected chi connectivity index (χ1v) is 4.86. The normalized spacial score (nSPS) is 20.8. The van der Waals surface area contributed by atoms with Crippen LogP contribution in [-0.2, 0) is 12.8 Å². The molecule has 0 spiro atoms. The maximum Gasteiger partial charge on any atom is 0.150 e. The van der Waals surface area contributed by atoms with Crippen molar-refractivity contribution < 1.29 is 4.79 Å². The molecule has 0 heterocycles. The van der Waals surface area contributed by atoms with Crippen LogP contribution in [0.25, 0.3) is 0 Å².